The molecule has 2 aliphatic carbocycles. The molecular weight excluding hydrogens is 592 g/mol. The van der Waals surface area contributed by atoms with Gasteiger partial charge < -0.3 is 25.0 Å². The molecule has 2 aliphatic heterocycles. The first-order valence-electron chi connectivity index (χ1n) is 15.3. The summed E-state index contributed by atoms with van der Waals surface area (Å²) in [4.78, 5) is 67.4. The molecule has 244 valence electrons. The summed E-state index contributed by atoms with van der Waals surface area (Å²) < 4.78 is 38.4. The maximum atomic E-state index is 13.9. The SMILES string of the molecule is CC=CC(=O)OC1CCC=CC2CC2(C(=O)NS(=O)(=O)C2CC2)NC(=O)C2CCCN2C(=O)C(NC(=O)OC(C)(C)C)CC1. The Balaban J connectivity index is 1.62. The van der Waals surface area contributed by atoms with Gasteiger partial charge >= 0.3 is 12.1 Å². The van der Waals surface area contributed by atoms with Crippen molar-refractivity contribution in [2.45, 2.75) is 120 Å². The van der Waals surface area contributed by atoms with E-state index in [0.717, 1.165) is 0 Å². The average Bonchev–Trinajstić information content (AvgIpc) is 3.83. The number of hydrogen-bond acceptors (Lipinski definition) is 9. The van der Waals surface area contributed by atoms with Crippen LogP contribution < -0.4 is 15.4 Å². The number of ether oxygens (including phenoxy) is 2. The van der Waals surface area contributed by atoms with Gasteiger partial charge in [-0.2, -0.15) is 0 Å². The molecule has 13 nitrogen and oxygen atoms in total. The first-order chi connectivity index (χ1) is 20.6. The fourth-order valence-corrected chi connectivity index (χ4v) is 7.04. The summed E-state index contributed by atoms with van der Waals surface area (Å²) in [7, 11) is -3.86. The number of amides is 4. The summed E-state index contributed by atoms with van der Waals surface area (Å²) in [5.41, 5.74) is -2.29. The van der Waals surface area contributed by atoms with E-state index in [0.29, 0.717) is 38.5 Å². The summed E-state index contributed by atoms with van der Waals surface area (Å²) in [6, 6.07) is -2.00. The van der Waals surface area contributed by atoms with Crippen molar-refractivity contribution < 1.29 is 41.9 Å². The predicted octanol–water partition coefficient (Wildman–Crippen LogP) is 1.97. The second kappa shape index (κ2) is 13.3. The molecule has 0 aromatic rings. The van der Waals surface area contributed by atoms with Crippen LogP contribution in [0.2, 0.25) is 0 Å². The third kappa shape index (κ3) is 8.39. The van der Waals surface area contributed by atoms with E-state index in [2.05, 4.69) is 15.4 Å². The Morgan fingerprint density at radius 2 is 1.82 bits per heavy atom. The Morgan fingerprint density at radius 1 is 1.09 bits per heavy atom. The predicted molar refractivity (Wildman–Crippen MR) is 159 cm³/mol. The van der Waals surface area contributed by atoms with Crippen LogP contribution in [0, 0.1) is 5.92 Å². The van der Waals surface area contributed by atoms with E-state index in [1.54, 1.807) is 39.8 Å². The van der Waals surface area contributed by atoms with Gasteiger partial charge in [-0.1, -0.05) is 18.2 Å². The molecule has 0 bridgehead atoms. The van der Waals surface area contributed by atoms with Crippen LogP contribution in [0.4, 0.5) is 4.79 Å². The van der Waals surface area contributed by atoms with Crippen LogP contribution in [0.15, 0.2) is 24.3 Å². The molecule has 44 heavy (non-hydrogen) atoms. The van der Waals surface area contributed by atoms with Gasteiger partial charge in [-0.25, -0.2) is 18.0 Å². The first kappa shape index (κ1) is 33.5. The second-order valence-electron chi connectivity index (χ2n) is 13.0. The molecule has 3 N–H and O–H groups in total. The Kier molecular flexibility index (Phi) is 10.1. The highest BCUT2D eigenvalue weighted by Gasteiger charge is 2.61. The molecule has 0 aromatic carbocycles. The smallest absolute Gasteiger partial charge is 0.408 e. The molecule has 2 heterocycles. The molecule has 14 heteroatoms. The van der Waals surface area contributed by atoms with E-state index in [1.807, 2.05) is 6.08 Å². The Bertz CT molecular complexity index is 1320. The summed E-state index contributed by atoms with van der Waals surface area (Å²) in [6.07, 6.45) is 8.28. The zero-order valence-electron chi connectivity index (χ0n) is 25.8. The van der Waals surface area contributed by atoms with Gasteiger partial charge in [0, 0.05) is 18.5 Å². The minimum atomic E-state index is -3.86. The van der Waals surface area contributed by atoms with Crippen LogP contribution in [-0.4, -0.2) is 84.2 Å². The molecule has 4 amide bonds. The molecule has 0 spiro atoms. The molecule has 5 atom stereocenters. The number of nitrogens with one attached hydrogen (secondary N) is 3. The number of carbonyl (C=O) groups excluding carboxylic acids is 5. The van der Waals surface area contributed by atoms with E-state index in [9.17, 15) is 32.4 Å². The van der Waals surface area contributed by atoms with Gasteiger partial charge in [0.2, 0.25) is 21.8 Å². The minimum Gasteiger partial charge on any atom is -0.459 e. The number of sulfonamides is 1. The van der Waals surface area contributed by atoms with Crippen LogP contribution in [0.25, 0.3) is 0 Å². The Labute approximate surface area is 258 Å². The molecule has 0 aromatic heterocycles. The maximum Gasteiger partial charge on any atom is 0.408 e. The molecule has 3 fully saturated rings. The average molecular weight is 637 g/mol. The summed E-state index contributed by atoms with van der Waals surface area (Å²) >= 11 is 0. The second-order valence-corrected chi connectivity index (χ2v) is 14.9. The number of allylic oxidation sites excluding steroid dienone is 2. The molecule has 0 radical (unpaired) electrons. The first-order valence-corrected chi connectivity index (χ1v) is 16.9. The largest absolute Gasteiger partial charge is 0.459 e. The van der Waals surface area contributed by atoms with E-state index in [4.69, 9.17) is 9.47 Å². The van der Waals surface area contributed by atoms with Crippen LogP contribution >= 0.6 is 0 Å². The van der Waals surface area contributed by atoms with Gasteiger partial charge in [-0.3, -0.25) is 19.1 Å². The van der Waals surface area contributed by atoms with Gasteiger partial charge in [-0.15, -0.1) is 0 Å². The molecular formula is C30H44N4O9S. The molecule has 4 rings (SSSR count). The van der Waals surface area contributed by atoms with Crippen molar-refractivity contribution in [1.29, 1.82) is 0 Å². The summed E-state index contributed by atoms with van der Waals surface area (Å²) in [6.45, 7) is 7.03. The van der Waals surface area contributed by atoms with Crippen molar-refractivity contribution in [3.63, 3.8) is 0 Å². The third-order valence-electron chi connectivity index (χ3n) is 8.18. The lowest BCUT2D eigenvalue weighted by Gasteiger charge is -2.31. The highest BCUT2D eigenvalue weighted by Crippen LogP contribution is 2.46. The van der Waals surface area contributed by atoms with Gasteiger partial charge in [0.25, 0.3) is 5.91 Å². The minimum absolute atomic E-state index is 0.119. The number of fused-ring (bicyclic) bond motifs is 2. The zero-order valence-corrected chi connectivity index (χ0v) is 26.6. The van der Waals surface area contributed by atoms with Gasteiger partial charge in [-0.05, 0) is 85.5 Å². The van der Waals surface area contributed by atoms with Crippen LogP contribution in [0.5, 0.6) is 0 Å². The van der Waals surface area contributed by atoms with Crippen molar-refractivity contribution in [2.24, 2.45) is 5.92 Å². The fraction of sp³-hybridized carbons (Fsp3) is 0.700. The van der Waals surface area contributed by atoms with Gasteiger partial charge in [0.05, 0.1) is 5.25 Å². The number of hydrogen-bond donors (Lipinski definition) is 3. The fourth-order valence-electron chi connectivity index (χ4n) is 5.67. The number of alkyl carbamates (subject to hydrolysis) is 1. The van der Waals surface area contributed by atoms with Crippen molar-refractivity contribution in [1.82, 2.24) is 20.3 Å². The van der Waals surface area contributed by atoms with Crippen molar-refractivity contribution in [3.05, 3.63) is 24.3 Å². The van der Waals surface area contributed by atoms with Gasteiger partial charge in [0.1, 0.15) is 29.3 Å². The number of rotatable bonds is 6. The molecule has 1 saturated heterocycles. The normalized spacial score (nSPS) is 29.9. The van der Waals surface area contributed by atoms with Crippen LogP contribution in [0.3, 0.4) is 0 Å². The quantitative estimate of drug-likeness (QED) is 0.223. The van der Waals surface area contributed by atoms with Crippen molar-refractivity contribution in [2.75, 3.05) is 6.54 Å². The van der Waals surface area contributed by atoms with Crippen LogP contribution in [-0.2, 0) is 38.7 Å². The topological polar surface area (TPSA) is 177 Å². The highest BCUT2D eigenvalue weighted by molar-refractivity contribution is 7.91. The van der Waals surface area contributed by atoms with E-state index < -0.39 is 80.3 Å². The standard InChI is InChI=1S/C30H44N4O9S/c1-5-9-24(35)42-20-11-7-6-10-19-18-30(19,27(38)33-44(40,41)21-14-15-21)32-25(36)23-12-8-17-34(23)26(37)22(16-13-20)31-28(39)43-29(2,3)4/h5-6,9-10,19-23H,7-8,11-18H2,1-4H3,(H,31,39)(H,32,36)(H,33,38). The van der Waals surface area contributed by atoms with Crippen LogP contribution in [0.1, 0.15) is 85.5 Å². The lowest BCUT2D eigenvalue weighted by molar-refractivity contribution is -0.144. The van der Waals surface area contributed by atoms with E-state index in [1.165, 1.54) is 11.0 Å². The monoisotopic (exact) mass is 636 g/mol. The number of carbonyl (C=O) groups is 5. The van der Waals surface area contributed by atoms with Gasteiger partial charge in [0.15, 0.2) is 0 Å². The van der Waals surface area contributed by atoms with Crippen molar-refractivity contribution in [3.8, 4) is 0 Å². The number of esters is 1. The molecule has 5 unspecified atom stereocenters. The maximum absolute atomic E-state index is 13.9. The molecule has 4 aliphatic rings. The Morgan fingerprint density at radius 3 is 2.48 bits per heavy atom. The van der Waals surface area contributed by atoms with Crippen molar-refractivity contribution >= 4 is 39.8 Å². The lowest BCUT2D eigenvalue weighted by atomic mass is 10.0. The number of nitrogens with zero attached hydrogens (tertiary/aromatic N) is 1. The Hall–Kier alpha value is -3.42. The van der Waals surface area contributed by atoms with E-state index in [-0.39, 0.29) is 25.8 Å². The zero-order chi connectivity index (χ0) is 32.3. The van der Waals surface area contributed by atoms with E-state index >= 15 is 0 Å². The lowest BCUT2D eigenvalue weighted by Crippen LogP contribution is -2.58. The highest BCUT2D eigenvalue weighted by atomic mass is 32.2. The third-order valence-corrected chi connectivity index (χ3v) is 10.00. The molecule has 2 saturated carbocycles. The summed E-state index contributed by atoms with van der Waals surface area (Å²) in [5, 5.41) is 4.82. The summed E-state index contributed by atoms with van der Waals surface area (Å²) in [5.74, 6) is -2.85.